The van der Waals surface area contributed by atoms with Crippen molar-refractivity contribution >= 4 is 0 Å². The summed E-state index contributed by atoms with van der Waals surface area (Å²) in [5.74, 6) is 5.35. The van der Waals surface area contributed by atoms with Crippen molar-refractivity contribution in [1.82, 2.24) is 15.0 Å². The standard InChI is InChI=1S/C19H21N3O3/c1-2-10-22(15-6-4-3-5-7-15)12-18-20-19(21-25-18)14-8-9-16-17(11-14)24-13-23-16/h1,8-9,11,15H,3-7,10,12-13H2. The molecule has 4 rings (SSSR count). The second-order valence-corrected chi connectivity index (χ2v) is 6.48. The first-order valence-electron chi connectivity index (χ1n) is 8.73. The number of hydrogen-bond donors (Lipinski definition) is 0. The first-order valence-corrected chi connectivity index (χ1v) is 8.73. The quantitative estimate of drug-likeness (QED) is 0.780. The summed E-state index contributed by atoms with van der Waals surface area (Å²) in [5.41, 5.74) is 0.848. The molecule has 0 bridgehead atoms. The van der Waals surface area contributed by atoms with Crippen LogP contribution in [0.4, 0.5) is 0 Å². The molecule has 0 spiro atoms. The Bertz CT molecular complexity index is 774. The molecule has 130 valence electrons. The van der Waals surface area contributed by atoms with E-state index in [0.717, 1.165) is 11.3 Å². The van der Waals surface area contributed by atoms with Gasteiger partial charge in [-0.2, -0.15) is 4.98 Å². The third-order valence-electron chi connectivity index (χ3n) is 4.82. The van der Waals surface area contributed by atoms with E-state index in [-0.39, 0.29) is 6.79 Å². The maximum absolute atomic E-state index is 5.55. The first-order chi connectivity index (χ1) is 12.3. The minimum Gasteiger partial charge on any atom is -0.454 e. The molecule has 0 unspecified atom stereocenters. The minimum absolute atomic E-state index is 0.249. The molecule has 2 aromatic rings. The molecule has 0 radical (unpaired) electrons. The SMILES string of the molecule is C#CCN(Cc1nc(-c2ccc3c(c2)OCO3)no1)C1CCCCC1. The third kappa shape index (κ3) is 3.47. The highest BCUT2D eigenvalue weighted by molar-refractivity contribution is 5.61. The van der Waals surface area contributed by atoms with Gasteiger partial charge in [0.15, 0.2) is 11.5 Å². The van der Waals surface area contributed by atoms with Crippen LogP contribution in [0.15, 0.2) is 22.7 Å². The maximum atomic E-state index is 5.55. The lowest BCUT2D eigenvalue weighted by molar-refractivity contribution is 0.149. The van der Waals surface area contributed by atoms with Gasteiger partial charge in [-0.25, -0.2) is 0 Å². The Balaban J connectivity index is 1.49. The number of rotatable bonds is 5. The zero-order valence-electron chi connectivity index (χ0n) is 14.1. The minimum atomic E-state index is 0.249. The van der Waals surface area contributed by atoms with Gasteiger partial charge < -0.3 is 14.0 Å². The van der Waals surface area contributed by atoms with E-state index in [1.54, 1.807) is 0 Å². The predicted octanol–water partition coefficient (Wildman–Crippen LogP) is 3.23. The molecule has 1 aliphatic carbocycles. The molecule has 1 fully saturated rings. The van der Waals surface area contributed by atoms with Crippen LogP contribution in [0.1, 0.15) is 38.0 Å². The monoisotopic (exact) mass is 339 g/mol. The van der Waals surface area contributed by atoms with Crippen molar-refractivity contribution in [3.63, 3.8) is 0 Å². The Hall–Kier alpha value is -2.52. The van der Waals surface area contributed by atoms with Crippen molar-refractivity contribution in [3.8, 4) is 35.2 Å². The van der Waals surface area contributed by atoms with Crippen molar-refractivity contribution in [3.05, 3.63) is 24.1 Å². The maximum Gasteiger partial charge on any atom is 0.241 e. The number of benzene rings is 1. The van der Waals surface area contributed by atoms with Gasteiger partial charge in [0.1, 0.15) is 0 Å². The van der Waals surface area contributed by atoms with Gasteiger partial charge in [-0.15, -0.1) is 6.42 Å². The highest BCUT2D eigenvalue weighted by atomic mass is 16.7. The molecule has 25 heavy (non-hydrogen) atoms. The number of ether oxygens (including phenoxy) is 2. The van der Waals surface area contributed by atoms with E-state index in [9.17, 15) is 0 Å². The summed E-state index contributed by atoms with van der Waals surface area (Å²) >= 11 is 0. The Morgan fingerprint density at radius 2 is 2.00 bits per heavy atom. The van der Waals surface area contributed by atoms with Crippen molar-refractivity contribution in [2.45, 2.75) is 44.7 Å². The molecule has 0 atom stereocenters. The molecule has 2 heterocycles. The summed E-state index contributed by atoms with van der Waals surface area (Å²) in [5, 5.41) is 4.11. The average molecular weight is 339 g/mol. The topological polar surface area (TPSA) is 60.6 Å². The lowest BCUT2D eigenvalue weighted by atomic mass is 9.94. The van der Waals surface area contributed by atoms with Crippen molar-refractivity contribution in [2.75, 3.05) is 13.3 Å². The lowest BCUT2D eigenvalue weighted by Crippen LogP contribution is -2.36. The van der Waals surface area contributed by atoms with E-state index >= 15 is 0 Å². The van der Waals surface area contributed by atoms with Crippen LogP contribution < -0.4 is 9.47 Å². The molecule has 6 heteroatoms. The molecule has 1 aromatic heterocycles. The highest BCUT2D eigenvalue weighted by Gasteiger charge is 2.23. The van der Waals surface area contributed by atoms with Crippen LogP contribution >= 0.6 is 0 Å². The lowest BCUT2D eigenvalue weighted by Gasteiger charge is -2.31. The molecule has 0 N–H and O–H groups in total. The molecule has 1 aromatic carbocycles. The van der Waals surface area contributed by atoms with E-state index in [2.05, 4.69) is 21.0 Å². The zero-order chi connectivity index (χ0) is 17.1. The summed E-state index contributed by atoms with van der Waals surface area (Å²) in [6.45, 7) is 1.44. The highest BCUT2D eigenvalue weighted by Crippen LogP contribution is 2.35. The molecular weight excluding hydrogens is 318 g/mol. The van der Waals surface area contributed by atoms with Crippen LogP contribution in [0.2, 0.25) is 0 Å². The van der Waals surface area contributed by atoms with Gasteiger partial charge in [0.05, 0.1) is 13.1 Å². The van der Waals surface area contributed by atoms with Crippen molar-refractivity contribution < 1.29 is 14.0 Å². The molecule has 1 saturated carbocycles. The predicted molar refractivity (Wildman–Crippen MR) is 92.0 cm³/mol. The second-order valence-electron chi connectivity index (χ2n) is 6.48. The van der Waals surface area contributed by atoms with Gasteiger partial charge in [-0.1, -0.05) is 30.3 Å². The van der Waals surface area contributed by atoms with Crippen LogP contribution in [0.5, 0.6) is 11.5 Å². The van der Waals surface area contributed by atoms with Crippen LogP contribution in [0.3, 0.4) is 0 Å². The van der Waals surface area contributed by atoms with Gasteiger partial charge in [-0.3, -0.25) is 4.90 Å². The van der Waals surface area contributed by atoms with Gasteiger partial charge >= 0.3 is 0 Å². The summed E-state index contributed by atoms with van der Waals surface area (Å²) in [6.07, 6.45) is 11.8. The number of nitrogens with zero attached hydrogens (tertiary/aromatic N) is 3. The molecule has 0 amide bonds. The van der Waals surface area contributed by atoms with E-state index in [0.29, 0.717) is 36.6 Å². The number of hydrogen-bond acceptors (Lipinski definition) is 6. The Kier molecular flexibility index (Phi) is 4.57. The number of fused-ring (bicyclic) bond motifs is 1. The first kappa shape index (κ1) is 16.0. The number of terminal acetylenes is 1. The van der Waals surface area contributed by atoms with Gasteiger partial charge in [-0.05, 0) is 31.0 Å². The average Bonchev–Trinajstić information content (AvgIpc) is 3.30. The van der Waals surface area contributed by atoms with Gasteiger partial charge in [0.25, 0.3) is 0 Å². The van der Waals surface area contributed by atoms with Crippen molar-refractivity contribution in [1.29, 1.82) is 0 Å². The normalized spacial score (nSPS) is 17.0. The molecule has 0 saturated heterocycles. The smallest absolute Gasteiger partial charge is 0.241 e. The van der Waals surface area contributed by atoms with Crippen molar-refractivity contribution in [2.24, 2.45) is 0 Å². The Morgan fingerprint density at radius 1 is 1.16 bits per heavy atom. The fourth-order valence-corrected chi connectivity index (χ4v) is 3.52. The van der Waals surface area contributed by atoms with Crippen LogP contribution in [-0.4, -0.2) is 34.4 Å². The summed E-state index contributed by atoms with van der Waals surface area (Å²) in [6, 6.07) is 6.14. The van der Waals surface area contributed by atoms with Crippen LogP contribution in [0, 0.1) is 12.3 Å². The molecular formula is C19H21N3O3. The second kappa shape index (κ2) is 7.16. The third-order valence-corrected chi connectivity index (χ3v) is 4.82. The van der Waals surface area contributed by atoms with E-state index in [4.69, 9.17) is 20.4 Å². The van der Waals surface area contributed by atoms with Gasteiger partial charge in [0, 0.05) is 11.6 Å². The summed E-state index contributed by atoms with van der Waals surface area (Å²) < 4.78 is 16.2. The molecule has 6 nitrogen and oxygen atoms in total. The summed E-state index contributed by atoms with van der Waals surface area (Å²) in [7, 11) is 0. The Morgan fingerprint density at radius 3 is 2.84 bits per heavy atom. The fourth-order valence-electron chi connectivity index (χ4n) is 3.52. The number of aromatic nitrogens is 2. The van der Waals surface area contributed by atoms with E-state index < -0.39 is 0 Å². The Labute approximate surface area is 147 Å². The van der Waals surface area contributed by atoms with Gasteiger partial charge in [0.2, 0.25) is 18.5 Å². The fraction of sp³-hybridized carbons (Fsp3) is 0.474. The largest absolute Gasteiger partial charge is 0.454 e. The molecule has 2 aliphatic rings. The van der Waals surface area contributed by atoms with E-state index in [1.807, 2.05) is 18.2 Å². The van der Waals surface area contributed by atoms with Crippen LogP contribution in [0.25, 0.3) is 11.4 Å². The zero-order valence-corrected chi connectivity index (χ0v) is 14.1. The van der Waals surface area contributed by atoms with E-state index in [1.165, 1.54) is 32.1 Å². The van der Waals surface area contributed by atoms with Crippen LogP contribution in [-0.2, 0) is 6.54 Å². The molecule has 1 aliphatic heterocycles. The summed E-state index contributed by atoms with van der Waals surface area (Å²) in [4.78, 5) is 6.81.